The number of nitrogens with zero attached hydrogens (tertiary/aromatic N) is 1. The molecule has 2 rings (SSSR count). The van der Waals surface area contributed by atoms with Crippen LogP contribution in [-0.4, -0.2) is 76.8 Å². The zero-order chi connectivity index (χ0) is 21.3. The predicted octanol–water partition coefficient (Wildman–Crippen LogP) is 0.473. The van der Waals surface area contributed by atoms with E-state index in [1.54, 1.807) is 34.6 Å². The molecule has 1 unspecified atom stereocenters. The van der Waals surface area contributed by atoms with Gasteiger partial charge < -0.3 is 24.8 Å². The summed E-state index contributed by atoms with van der Waals surface area (Å²) in [7, 11) is 0. The highest BCUT2D eigenvalue weighted by Gasteiger charge is 2.51. The van der Waals surface area contributed by atoms with Crippen molar-refractivity contribution in [3.05, 3.63) is 0 Å². The van der Waals surface area contributed by atoms with Crippen LogP contribution in [0.3, 0.4) is 0 Å². The van der Waals surface area contributed by atoms with Crippen molar-refractivity contribution in [2.45, 2.75) is 45.5 Å². The maximum absolute atomic E-state index is 12.8. The first kappa shape index (κ1) is 22.5. The van der Waals surface area contributed by atoms with Gasteiger partial charge in [0.15, 0.2) is 10.9 Å². The smallest absolute Gasteiger partial charge is 0.337 e. The highest BCUT2D eigenvalue weighted by molar-refractivity contribution is 8.00. The van der Waals surface area contributed by atoms with E-state index < -0.39 is 39.6 Å². The molecular formula is C18H28N2O7S. The summed E-state index contributed by atoms with van der Waals surface area (Å²) in [6, 6.07) is 0. The molecule has 2 heterocycles. The number of thioether (sulfide) groups is 1. The first-order valence-corrected chi connectivity index (χ1v) is 10.1. The van der Waals surface area contributed by atoms with E-state index in [-0.39, 0.29) is 25.7 Å². The van der Waals surface area contributed by atoms with Crippen LogP contribution in [0.25, 0.3) is 0 Å². The lowest BCUT2D eigenvalue weighted by molar-refractivity contribution is -0.180. The van der Waals surface area contributed by atoms with Crippen LogP contribution >= 0.6 is 11.8 Å². The lowest BCUT2D eigenvalue weighted by atomic mass is 9.90. The van der Waals surface area contributed by atoms with Gasteiger partial charge in [-0.3, -0.25) is 9.59 Å². The van der Waals surface area contributed by atoms with Gasteiger partial charge in [-0.25, -0.2) is 9.59 Å². The molecule has 0 spiro atoms. The monoisotopic (exact) mass is 416 g/mol. The van der Waals surface area contributed by atoms with Gasteiger partial charge in [-0.15, -0.1) is 11.8 Å². The fraction of sp³-hybridized carbons (Fsp3) is 0.778. The second kappa shape index (κ2) is 7.90. The molecule has 0 aliphatic carbocycles. The van der Waals surface area contributed by atoms with Gasteiger partial charge in [-0.1, -0.05) is 20.8 Å². The van der Waals surface area contributed by atoms with Gasteiger partial charge in [-0.2, -0.15) is 0 Å². The number of ether oxygens (including phenoxy) is 2. The summed E-state index contributed by atoms with van der Waals surface area (Å²) in [4.78, 5) is 50.3. The maximum atomic E-state index is 12.8. The van der Waals surface area contributed by atoms with Crippen LogP contribution in [0, 0.1) is 10.8 Å². The van der Waals surface area contributed by atoms with E-state index in [9.17, 15) is 24.3 Å². The lowest BCUT2D eigenvalue weighted by Crippen LogP contribution is -2.69. The van der Waals surface area contributed by atoms with Crippen molar-refractivity contribution in [1.29, 1.82) is 0 Å². The number of carboxylic acid groups (broad SMARTS) is 1. The largest absolute Gasteiger partial charge is 0.479 e. The standard InChI is InChI=1S/C18H28N2O7S/c1-16(2,3)13(23)19-18(9-26-10-18)15(25)27-8-17(4,5)14(24)20-6-7-28-11(20)12(21)22/h11H,6-10H2,1-5H3,(H,19,23)(H,21,22). The molecule has 2 N–H and O–H groups in total. The molecule has 2 aliphatic rings. The average Bonchev–Trinajstić information content (AvgIpc) is 3.03. The van der Waals surface area contributed by atoms with E-state index in [4.69, 9.17) is 9.47 Å². The third-order valence-electron chi connectivity index (χ3n) is 4.63. The van der Waals surface area contributed by atoms with Gasteiger partial charge >= 0.3 is 11.9 Å². The zero-order valence-corrected chi connectivity index (χ0v) is 17.7. The fourth-order valence-corrected chi connectivity index (χ4v) is 3.72. The number of rotatable bonds is 6. The van der Waals surface area contributed by atoms with E-state index in [1.165, 1.54) is 16.7 Å². The van der Waals surface area contributed by atoms with Crippen molar-refractivity contribution in [2.24, 2.45) is 10.8 Å². The quantitative estimate of drug-likeness (QED) is 0.599. The number of nitrogens with one attached hydrogen (secondary N) is 1. The number of carbonyl (C=O) groups is 4. The van der Waals surface area contributed by atoms with E-state index in [2.05, 4.69) is 5.32 Å². The minimum absolute atomic E-state index is 0.00583. The van der Waals surface area contributed by atoms with Crippen LogP contribution in [-0.2, 0) is 28.7 Å². The molecule has 9 nitrogen and oxygen atoms in total. The fourth-order valence-electron chi connectivity index (χ4n) is 2.67. The minimum atomic E-state index is -1.25. The van der Waals surface area contributed by atoms with Crippen molar-refractivity contribution < 1.29 is 33.8 Å². The van der Waals surface area contributed by atoms with Crippen LogP contribution in [0.15, 0.2) is 0 Å². The summed E-state index contributed by atoms with van der Waals surface area (Å²) in [6.07, 6.45) is 0. The lowest BCUT2D eigenvalue weighted by Gasteiger charge is -2.41. The Balaban J connectivity index is 2.01. The van der Waals surface area contributed by atoms with Crippen LogP contribution in [0.5, 0.6) is 0 Å². The summed E-state index contributed by atoms with van der Waals surface area (Å²) >= 11 is 1.19. The third kappa shape index (κ3) is 4.60. The van der Waals surface area contributed by atoms with Gasteiger partial charge in [0.05, 0.1) is 18.6 Å². The van der Waals surface area contributed by atoms with E-state index >= 15 is 0 Å². The Bertz CT molecular complexity index is 667. The van der Waals surface area contributed by atoms with Crippen LogP contribution in [0.2, 0.25) is 0 Å². The van der Waals surface area contributed by atoms with Gasteiger partial charge in [0.2, 0.25) is 11.8 Å². The molecular weight excluding hydrogens is 388 g/mol. The second-order valence-corrected chi connectivity index (χ2v) is 9.99. The van der Waals surface area contributed by atoms with Gasteiger partial charge in [-0.05, 0) is 13.8 Å². The Kier molecular flexibility index (Phi) is 6.34. The van der Waals surface area contributed by atoms with Crippen molar-refractivity contribution >= 4 is 35.5 Å². The topological polar surface area (TPSA) is 122 Å². The minimum Gasteiger partial charge on any atom is -0.479 e. The molecule has 0 aromatic heterocycles. The molecule has 0 aromatic rings. The van der Waals surface area contributed by atoms with Crippen molar-refractivity contribution in [3.8, 4) is 0 Å². The zero-order valence-electron chi connectivity index (χ0n) is 16.9. The third-order valence-corrected chi connectivity index (χ3v) is 5.82. The first-order valence-electron chi connectivity index (χ1n) is 9.03. The molecule has 28 heavy (non-hydrogen) atoms. The molecule has 2 amide bonds. The van der Waals surface area contributed by atoms with Gasteiger partial charge in [0, 0.05) is 17.7 Å². The Hall–Kier alpha value is -1.81. The second-order valence-electron chi connectivity index (χ2n) is 8.80. The number of carbonyl (C=O) groups excluding carboxylic acids is 3. The number of hydrogen-bond donors (Lipinski definition) is 2. The Morgan fingerprint density at radius 3 is 2.29 bits per heavy atom. The van der Waals surface area contributed by atoms with Crippen molar-refractivity contribution in [3.63, 3.8) is 0 Å². The molecule has 1 atom stereocenters. The predicted molar refractivity (Wildman–Crippen MR) is 101 cm³/mol. The summed E-state index contributed by atoms with van der Waals surface area (Å²) in [6.45, 7) is 8.51. The first-order chi connectivity index (χ1) is 12.8. The Morgan fingerprint density at radius 2 is 1.82 bits per heavy atom. The average molecular weight is 416 g/mol. The summed E-state index contributed by atoms with van der Waals surface area (Å²) in [5.74, 6) is -1.89. The summed E-state index contributed by atoms with van der Waals surface area (Å²) in [5.41, 5.74) is -3.04. The number of carboxylic acids is 1. The van der Waals surface area contributed by atoms with Crippen molar-refractivity contribution in [1.82, 2.24) is 10.2 Å². The summed E-state index contributed by atoms with van der Waals surface area (Å²) in [5, 5.41) is 11.0. The number of aliphatic carboxylic acids is 1. The molecule has 0 radical (unpaired) electrons. The van der Waals surface area contributed by atoms with Crippen LogP contribution in [0.4, 0.5) is 0 Å². The SMILES string of the molecule is CC(C)(C)C(=O)NC1(C(=O)OCC(C)(C)C(=O)N2CCSC2C(=O)O)COC1. The van der Waals surface area contributed by atoms with E-state index in [0.29, 0.717) is 12.3 Å². The highest BCUT2D eigenvalue weighted by atomic mass is 32.2. The van der Waals surface area contributed by atoms with Crippen molar-refractivity contribution in [2.75, 3.05) is 32.1 Å². The highest BCUT2D eigenvalue weighted by Crippen LogP contribution is 2.30. The van der Waals surface area contributed by atoms with Crippen LogP contribution in [0.1, 0.15) is 34.6 Å². The number of amides is 2. The Labute approximate surface area is 168 Å². The molecule has 0 aromatic carbocycles. The van der Waals surface area contributed by atoms with Gasteiger partial charge in [0.25, 0.3) is 0 Å². The molecule has 158 valence electrons. The molecule has 0 bridgehead atoms. The van der Waals surface area contributed by atoms with Crippen LogP contribution < -0.4 is 5.32 Å². The maximum Gasteiger partial charge on any atom is 0.337 e. The van der Waals surface area contributed by atoms with E-state index in [0.717, 1.165) is 0 Å². The number of hydrogen-bond acceptors (Lipinski definition) is 7. The molecule has 2 fully saturated rings. The molecule has 2 saturated heterocycles. The normalized spacial score (nSPS) is 21.6. The molecule has 10 heteroatoms. The number of esters is 1. The molecule has 0 saturated carbocycles. The summed E-state index contributed by atoms with van der Waals surface area (Å²) < 4.78 is 10.5. The Morgan fingerprint density at radius 1 is 1.21 bits per heavy atom. The van der Waals surface area contributed by atoms with Gasteiger partial charge in [0.1, 0.15) is 6.61 Å². The van der Waals surface area contributed by atoms with E-state index in [1.807, 2.05) is 0 Å². The molecule has 2 aliphatic heterocycles.